The van der Waals surface area contributed by atoms with Gasteiger partial charge in [-0.1, -0.05) is 13.0 Å². The monoisotopic (exact) mass is 341 g/mol. The van der Waals surface area contributed by atoms with Gasteiger partial charge in [-0.3, -0.25) is 0 Å². The highest BCUT2D eigenvalue weighted by Crippen LogP contribution is 2.23. The van der Waals surface area contributed by atoms with Crippen molar-refractivity contribution in [2.75, 3.05) is 25.0 Å². The maximum Gasteiger partial charge on any atom is 0.321 e. The molecule has 0 bridgehead atoms. The Kier molecular flexibility index (Phi) is 5.76. The Bertz CT molecular complexity index is 697. The molecule has 5 nitrogen and oxygen atoms in total. The molecule has 0 unspecified atom stereocenters. The van der Waals surface area contributed by atoms with Crippen LogP contribution in [-0.2, 0) is 4.74 Å². The van der Waals surface area contributed by atoms with Gasteiger partial charge in [-0.25, -0.2) is 4.79 Å². The lowest BCUT2D eigenvalue weighted by atomic mass is 10.1. The summed E-state index contributed by atoms with van der Waals surface area (Å²) in [6, 6.07) is 9.93. The number of carbonyl (C=O) groups is 1. The van der Waals surface area contributed by atoms with Crippen molar-refractivity contribution in [2.45, 2.75) is 39.2 Å². The second kappa shape index (κ2) is 8.21. The van der Waals surface area contributed by atoms with Crippen LogP contribution in [0.25, 0.3) is 5.69 Å². The molecule has 1 atom stereocenters. The number of carbonyl (C=O) groups excluding carboxylic acids is 1. The fourth-order valence-electron chi connectivity index (χ4n) is 3.27. The predicted molar refractivity (Wildman–Crippen MR) is 100 cm³/mol. The SMILES string of the molecule is CCCO[C@@H]1CCCN(C(=O)Nc2cccc(-n3cccc3)c2C)C1. The number of piperidine rings is 1. The second-order valence-corrected chi connectivity index (χ2v) is 6.55. The minimum absolute atomic E-state index is 0.0439. The fourth-order valence-corrected chi connectivity index (χ4v) is 3.27. The van der Waals surface area contributed by atoms with Crippen molar-refractivity contribution in [2.24, 2.45) is 0 Å². The summed E-state index contributed by atoms with van der Waals surface area (Å²) in [4.78, 5) is 14.6. The van der Waals surface area contributed by atoms with Gasteiger partial charge in [0.25, 0.3) is 0 Å². The van der Waals surface area contributed by atoms with Gasteiger partial charge >= 0.3 is 6.03 Å². The number of amides is 2. The highest BCUT2D eigenvalue weighted by molar-refractivity contribution is 5.90. The Morgan fingerprint density at radius 1 is 1.28 bits per heavy atom. The first-order valence-corrected chi connectivity index (χ1v) is 9.09. The normalized spacial score (nSPS) is 17.5. The number of rotatable bonds is 5. The number of aromatic nitrogens is 1. The van der Waals surface area contributed by atoms with Gasteiger partial charge in [-0.15, -0.1) is 0 Å². The molecule has 3 rings (SSSR count). The quantitative estimate of drug-likeness (QED) is 0.885. The lowest BCUT2D eigenvalue weighted by Gasteiger charge is -2.32. The molecule has 25 heavy (non-hydrogen) atoms. The van der Waals surface area contributed by atoms with Crippen molar-refractivity contribution in [3.63, 3.8) is 0 Å². The Morgan fingerprint density at radius 2 is 2.08 bits per heavy atom. The Hall–Kier alpha value is -2.27. The van der Waals surface area contributed by atoms with E-state index in [9.17, 15) is 4.79 Å². The molecular weight excluding hydrogens is 314 g/mol. The van der Waals surface area contributed by atoms with E-state index in [4.69, 9.17) is 4.74 Å². The summed E-state index contributed by atoms with van der Waals surface area (Å²) in [5, 5.41) is 3.08. The van der Waals surface area contributed by atoms with Crippen LogP contribution in [0.5, 0.6) is 0 Å². The first-order valence-electron chi connectivity index (χ1n) is 9.09. The van der Waals surface area contributed by atoms with Gasteiger partial charge in [-0.05, 0) is 56.0 Å². The highest BCUT2D eigenvalue weighted by Gasteiger charge is 2.24. The molecule has 0 spiro atoms. The molecule has 1 saturated heterocycles. The average molecular weight is 341 g/mol. The molecule has 1 N–H and O–H groups in total. The molecule has 1 aliphatic heterocycles. The summed E-state index contributed by atoms with van der Waals surface area (Å²) in [6.07, 6.45) is 7.21. The van der Waals surface area contributed by atoms with Crippen LogP contribution in [-0.4, -0.2) is 41.3 Å². The molecular formula is C20H27N3O2. The smallest absolute Gasteiger partial charge is 0.321 e. The molecule has 0 aliphatic carbocycles. The maximum atomic E-state index is 12.7. The van der Waals surface area contributed by atoms with Crippen LogP contribution in [0, 0.1) is 6.92 Å². The molecule has 2 heterocycles. The van der Waals surface area contributed by atoms with Crippen LogP contribution in [0.1, 0.15) is 31.7 Å². The number of hydrogen-bond donors (Lipinski definition) is 1. The molecule has 5 heteroatoms. The summed E-state index contributed by atoms with van der Waals surface area (Å²) in [6.45, 7) is 6.36. The van der Waals surface area contributed by atoms with E-state index in [1.807, 2.05) is 48.5 Å². The number of nitrogens with zero attached hydrogens (tertiary/aromatic N) is 2. The third-order valence-corrected chi connectivity index (χ3v) is 4.65. The highest BCUT2D eigenvalue weighted by atomic mass is 16.5. The first kappa shape index (κ1) is 17.5. The summed E-state index contributed by atoms with van der Waals surface area (Å²) in [5.41, 5.74) is 2.99. The molecule has 1 fully saturated rings. The number of likely N-dealkylation sites (tertiary alicyclic amines) is 1. The largest absolute Gasteiger partial charge is 0.376 e. The number of hydrogen-bond acceptors (Lipinski definition) is 2. The van der Waals surface area contributed by atoms with E-state index < -0.39 is 0 Å². The fraction of sp³-hybridized carbons (Fsp3) is 0.450. The minimum atomic E-state index is -0.0439. The topological polar surface area (TPSA) is 46.5 Å². The van der Waals surface area contributed by atoms with E-state index in [1.165, 1.54) is 0 Å². The number of benzene rings is 1. The van der Waals surface area contributed by atoms with E-state index in [2.05, 4.69) is 22.9 Å². The summed E-state index contributed by atoms with van der Waals surface area (Å²) >= 11 is 0. The Balaban J connectivity index is 1.68. The number of anilines is 1. The molecule has 1 aromatic carbocycles. The van der Waals surface area contributed by atoms with Crippen molar-refractivity contribution in [3.8, 4) is 5.69 Å². The number of ether oxygens (including phenoxy) is 1. The maximum absolute atomic E-state index is 12.7. The van der Waals surface area contributed by atoms with Crippen molar-refractivity contribution in [3.05, 3.63) is 48.3 Å². The van der Waals surface area contributed by atoms with E-state index in [0.717, 1.165) is 49.4 Å². The van der Waals surface area contributed by atoms with Gasteiger partial charge in [0.05, 0.1) is 6.10 Å². The van der Waals surface area contributed by atoms with Gasteiger partial charge in [0.1, 0.15) is 0 Å². The molecule has 2 aromatic rings. The first-order chi connectivity index (χ1) is 12.2. The molecule has 1 aromatic heterocycles. The zero-order valence-corrected chi connectivity index (χ0v) is 15.1. The zero-order valence-electron chi connectivity index (χ0n) is 15.1. The Morgan fingerprint density at radius 3 is 2.84 bits per heavy atom. The molecule has 0 saturated carbocycles. The lowest BCUT2D eigenvalue weighted by molar-refractivity contribution is 0.0115. The Labute approximate surface area is 149 Å². The van der Waals surface area contributed by atoms with Crippen LogP contribution in [0.3, 0.4) is 0 Å². The van der Waals surface area contributed by atoms with Crippen molar-refractivity contribution in [1.82, 2.24) is 9.47 Å². The van der Waals surface area contributed by atoms with Crippen LogP contribution < -0.4 is 5.32 Å². The third kappa shape index (κ3) is 4.23. The van der Waals surface area contributed by atoms with Crippen molar-refractivity contribution >= 4 is 11.7 Å². The van der Waals surface area contributed by atoms with E-state index >= 15 is 0 Å². The molecule has 0 radical (unpaired) electrons. The number of urea groups is 1. The van der Waals surface area contributed by atoms with Gasteiger partial charge in [-0.2, -0.15) is 0 Å². The van der Waals surface area contributed by atoms with E-state index in [1.54, 1.807) is 0 Å². The van der Waals surface area contributed by atoms with Gasteiger partial charge in [0, 0.05) is 43.5 Å². The minimum Gasteiger partial charge on any atom is -0.376 e. The van der Waals surface area contributed by atoms with Crippen LogP contribution in [0.4, 0.5) is 10.5 Å². The third-order valence-electron chi connectivity index (χ3n) is 4.65. The molecule has 134 valence electrons. The van der Waals surface area contributed by atoms with Gasteiger partial charge in [0.2, 0.25) is 0 Å². The zero-order chi connectivity index (χ0) is 17.6. The standard InChI is InChI=1S/C20H27N3O2/c1-3-14-25-17-8-7-13-23(15-17)20(24)21-18-9-6-10-19(16(18)2)22-11-4-5-12-22/h4-6,9-12,17H,3,7-8,13-15H2,1-2H3,(H,21,24)/t17-/m1/s1. The predicted octanol–water partition coefficient (Wildman–Crippen LogP) is 4.21. The van der Waals surface area contributed by atoms with Crippen molar-refractivity contribution in [1.29, 1.82) is 0 Å². The van der Waals surface area contributed by atoms with Gasteiger partial charge in [0.15, 0.2) is 0 Å². The average Bonchev–Trinajstić information content (AvgIpc) is 3.16. The lowest BCUT2D eigenvalue weighted by Crippen LogP contribution is -2.45. The van der Waals surface area contributed by atoms with Crippen molar-refractivity contribution < 1.29 is 9.53 Å². The van der Waals surface area contributed by atoms with Gasteiger partial charge < -0.3 is 19.5 Å². The summed E-state index contributed by atoms with van der Waals surface area (Å²) in [7, 11) is 0. The van der Waals surface area contributed by atoms with E-state index in [0.29, 0.717) is 6.54 Å². The summed E-state index contributed by atoms with van der Waals surface area (Å²) in [5.74, 6) is 0. The number of nitrogens with one attached hydrogen (secondary N) is 1. The second-order valence-electron chi connectivity index (χ2n) is 6.55. The van der Waals surface area contributed by atoms with E-state index in [-0.39, 0.29) is 12.1 Å². The molecule has 1 aliphatic rings. The summed E-state index contributed by atoms with van der Waals surface area (Å²) < 4.78 is 7.89. The van der Waals surface area contributed by atoms with Crippen LogP contribution in [0.15, 0.2) is 42.7 Å². The van der Waals surface area contributed by atoms with Crippen LogP contribution >= 0.6 is 0 Å². The molecule has 2 amide bonds. The van der Waals surface area contributed by atoms with Crippen LogP contribution in [0.2, 0.25) is 0 Å².